The Hall–Kier alpha value is -5.42. The van der Waals surface area contributed by atoms with Gasteiger partial charge in [0.15, 0.2) is 0 Å². The van der Waals surface area contributed by atoms with Crippen molar-refractivity contribution in [3.05, 3.63) is 0 Å². The number of rotatable bonds is 24. The Kier molecular flexibility index (Phi) is 20.8. The summed E-state index contributed by atoms with van der Waals surface area (Å²) in [6, 6.07) is -10.6. The predicted octanol–water partition coefficient (Wildman–Crippen LogP) is -5.78. The number of hydrogen-bond acceptors (Lipinski definition) is 13. The number of aliphatic hydroxyl groups excluding tert-OH is 2. The molecule has 300 valence electrons. The largest absolute Gasteiger partial charge is 0.481 e. The van der Waals surface area contributed by atoms with Gasteiger partial charge in [0.25, 0.3) is 0 Å². The van der Waals surface area contributed by atoms with Crippen LogP contribution in [0.5, 0.6) is 0 Å². The maximum Gasteiger partial charge on any atom is 0.328 e. The third-order valence-corrected chi connectivity index (χ3v) is 7.27. The Labute approximate surface area is 303 Å². The van der Waals surface area contributed by atoms with E-state index in [-0.39, 0.29) is 0 Å². The number of aliphatic hydroxyl groups is 2. The maximum atomic E-state index is 13.3. The normalized spacial score (nSPS) is 15.4. The van der Waals surface area contributed by atoms with Crippen LogP contribution in [0.15, 0.2) is 0 Å². The van der Waals surface area contributed by atoms with E-state index < -0.39 is 152 Å². The molecule has 0 bridgehead atoms. The summed E-state index contributed by atoms with van der Waals surface area (Å²) < 4.78 is 0. The fraction of sp³-hybridized carbons (Fsp3) is 0.667. The summed E-state index contributed by atoms with van der Waals surface area (Å²) in [7, 11) is 0. The molecular weight excluding hydrogens is 712 g/mol. The number of aliphatic carboxylic acids is 3. The molecule has 23 nitrogen and oxygen atoms in total. The van der Waals surface area contributed by atoms with Crippen LogP contribution in [0.1, 0.15) is 60.3 Å². The first-order valence-corrected chi connectivity index (χ1v) is 16.3. The fourth-order valence-electron chi connectivity index (χ4n) is 4.21. The van der Waals surface area contributed by atoms with Gasteiger partial charge in [-0.05, 0) is 39.5 Å². The second-order valence-corrected chi connectivity index (χ2v) is 12.3. The van der Waals surface area contributed by atoms with Crippen molar-refractivity contribution < 1.29 is 73.5 Å². The lowest BCUT2D eigenvalue weighted by molar-refractivity contribution is -0.144. The lowest BCUT2D eigenvalue weighted by Gasteiger charge is -2.29. The van der Waals surface area contributed by atoms with Crippen LogP contribution in [0.25, 0.3) is 0 Å². The fourth-order valence-corrected chi connectivity index (χ4v) is 4.21. The van der Waals surface area contributed by atoms with Gasteiger partial charge in [0.05, 0.1) is 25.3 Å². The lowest BCUT2D eigenvalue weighted by atomic mass is 10.0. The van der Waals surface area contributed by atoms with E-state index in [1.54, 1.807) is 0 Å². The minimum Gasteiger partial charge on any atom is -0.481 e. The highest BCUT2D eigenvalue weighted by Gasteiger charge is 2.35. The second-order valence-electron chi connectivity index (χ2n) is 12.3. The highest BCUT2D eigenvalue weighted by Crippen LogP contribution is 2.08. The van der Waals surface area contributed by atoms with E-state index in [0.717, 1.165) is 6.92 Å². The average molecular weight is 763 g/mol. The van der Waals surface area contributed by atoms with E-state index in [1.807, 2.05) is 5.32 Å². The molecule has 0 aliphatic rings. The van der Waals surface area contributed by atoms with Gasteiger partial charge < -0.3 is 68.5 Å². The van der Waals surface area contributed by atoms with Crippen molar-refractivity contribution in [1.82, 2.24) is 37.2 Å². The predicted molar refractivity (Wildman–Crippen MR) is 179 cm³/mol. The van der Waals surface area contributed by atoms with Gasteiger partial charge in [-0.1, -0.05) is 13.8 Å². The number of nitrogens with two attached hydrogens (primary N) is 1. The molecule has 23 heteroatoms. The van der Waals surface area contributed by atoms with E-state index in [0.29, 0.717) is 0 Å². The van der Waals surface area contributed by atoms with Crippen LogP contribution in [0.4, 0.5) is 0 Å². The molecule has 0 fully saturated rings. The Bertz CT molecular complexity index is 1360. The van der Waals surface area contributed by atoms with Gasteiger partial charge in [0.2, 0.25) is 41.4 Å². The van der Waals surface area contributed by atoms with Gasteiger partial charge in [-0.3, -0.25) is 43.2 Å². The molecule has 8 atom stereocenters. The van der Waals surface area contributed by atoms with Crippen molar-refractivity contribution in [2.75, 3.05) is 13.2 Å². The topological polar surface area (TPSA) is 382 Å². The summed E-state index contributed by atoms with van der Waals surface area (Å²) in [5.74, 6) is -12.0. The molecule has 0 aromatic carbocycles. The van der Waals surface area contributed by atoms with Gasteiger partial charge >= 0.3 is 17.9 Å². The molecule has 14 N–H and O–H groups in total. The standard InChI is InChI=1S/C30H50N8O15/c1-12(2)22(28(50)35-16(6-8-20(42)43)26(48)36-18(11-39)30(52)53)37-29(51)23(15(5)40)38-27(49)17(7-9-21(44)45)34-25(47)14(4)33-19(41)10-32-24(46)13(3)31/h12-18,22-23,39-40H,6-11,31H2,1-5H3,(H,32,46)(H,33,41)(H,34,47)(H,35,50)(H,36,48)(H,37,51)(H,38,49)(H,42,43)(H,44,45)(H,52,53). The van der Waals surface area contributed by atoms with Gasteiger partial charge in [-0.25, -0.2) is 4.79 Å². The Morgan fingerprint density at radius 3 is 1.42 bits per heavy atom. The molecule has 0 saturated heterocycles. The molecule has 0 saturated carbocycles. The van der Waals surface area contributed by atoms with Gasteiger partial charge in [-0.15, -0.1) is 0 Å². The highest BCUT2D eigenvalue weighted by atomic mass is 16.4. The Balaban J connectivity index is 5.97. The van der Waals surface area contributed by atoms with E-state index in [2.05, 4.69) is 31.9 Å². The molecule has 0 aromatic rings. The van der Waals surface area contributed by atoms with Crippen LogP contribution in [-0.4, -0.2) is 146 Å². The zero-order valence-corrected chi connectivity index (χ0v) is 29.8. The lowest BCUT2D eigenvalue weighted by Crippen LogP contribution is -2.62. The minimum absolute atomic E-state index is 0.512. The summed E-state index contributed by atoms with van der Waals surface area (Å²) in [5, 5.41) is 62.4. The monoisotopic (exact) mass is 762 g/mol. The number of carbonyl (C=O) groups is 10. The van der Waals surface area contributed by atoms with Crippen LogP contribution in [0, 0.1) is 5.92 Å². The Morgan fingerprint density at radius 2 is 1.00 bits per heavy atom. The van der Waals surface area contributed by atoms with Crippen molar-refractivity contribution in [3.8, 4) is 0 Å². The van der Waals surface area contributed by atoms with Crippen molar-refractivity contribution >= 4 is 59.3 Å². The number of nitrogens with one attached hydrogen (secondary N) is 7. The summed E-state index contributed by atoms with van der Waals surface area (Å²) in [4.78, 5) is 123. The van der Waals surface area contributed by atoms with Gasteiger partial charge in [0.1, 0.15) is 36.3 Å². The van der Waals surface area contributed by atoms with Crippen molar-refractivity contribution in [3.63, 3.8) is 0 Å². The van der Waals surface area contributed by atoms with Crippen molar-refractivity contribution in [1.29, 1.82) is 0 Å². The number of carboxylic acids is 3. The molecule has 0 rings (SSSR count). The van der Waals surface area contributed by atoms with E-state index in [9.17, 15) is 58.2 Å². The molecule has 0 radical (unpaired) electrons. The third kappa shape index (κ3) is 18.1. The van der Waals surface area contributed by atoms with Crippen molar-refractivity contribution in [2.24, 2.45) is 11.7 Å². The zero-order chi connectivity index (χ0) is 41.2. The highest BCUT2D eigenvalue weighted by molar-refractivity contribution is 5.97. The molecular formula is C30H50N8O15. The first-order chi connectivity index (χ1) is 24.5. The smallest absolute Gasteiger partial charge is 0.328 e. The van der Waals surface area contributed by atoms with Gasteiger partial charge in [-0.2, -0.15) is 0 Å². The first kappa shape index (κ1) is 47.6. The molecule has 0 heterocycles. The van der Waals surface area contributed by atoms with E-state index in [4.69, 9.17) is 21.1 Å². The van der Waals surface area contributed by atoms with Crippen LogP contribution in [0.3, 0.4) is 0 Å². The molecule has 7 amide bonds. The van der Waals surface area contributed by atoms with Crippen LogP contribution >= 0.6 is 0 Å². The van der Waals surface area contributed by atoms with Crippen LogP contribution in [-0.2, 0) is 47.9 Å². The molecule has 0 aromatic heterocycles. The zero-order valence-electron chi connectivity index (χ0n) is 29.8. The quantitative estimate of drug-likeness (QED) is 0.0435. The summed E-state index contributed by atoms with van der Waals surface area (Å²) >= 11 is 0. The summed E-state index contributed by atoms with van der Waals surface area (Å²) in [6.45, 7) is 5.06. The Morgan fingerprint density at radius 1 is 0.566 bits per heavy atom. The molecule has 0 aliphatic heterocycles. The maximum absolute atomic E-state index is 13.3. The average Bonchev–Trinajstić information content (AvgIpc) is 3.05. The first-order valence-electron chi connectivity index (χ1n) is 16.3. The number of hydrogen-bond donors (Lipinski definition) is 13. The molecule has 0 spiro atoms. The molecule has 8 unspecified atom stereocenters. The van der Waals surface area contributed by atoms with E-state index >= 15 is 0 Å². The van der Waals surface area contributed by atoms with E-state index in [1.165, 1.54) is 27.7 Å². The SMILES string of the molecule is CC(N)C(=O)NCC(=O)NC(C)C(=O)NC(CCC(=O)O)C(=O)NC(C(=O)NC(C(=O)NC(CCC(=O)O)C(=O)NC(CO)C(=O)O)C(C)C)C(C)O. The summed E-state index contributed by atoms with van der Waals surface area (Å²) in [6.07, 6.45) is -3.99. The van der Waals surface area contributed by atoms with Crippen LogP contribution < -0.4 is 43.0 Å². The number of carbonyl (C=O) groups excluding carboxylic acids is 7. The third-order valence-electron chi connectivity index (χ3n) is 7.27. The number of carboxylic acid groups (broad SMARTS) is 3. The summed E-state index contributed by atoms with van der Waals surface area (Å²) in [5.41, 5.74) is 5.40. The van der Waals surface area contributed by atoms with Crippen LogP contribution in [0.2, 0.25) is 0 Å². The second kappa shape index (κ2) is 23.2. The van der Waals surface area contributed by atoms with Crippen molar-refractivity contribution in [2.45, 2.75) is 109 Å². The molecule has 0 aliphatic carbocycles. The minimum atomic E-state index is -1.82. The number of amides is 7. The molecule has 53 heavy (non-hydrogen) atoms. The van der Waals surface area contributed by atoms with Gasteiger partial charge in [0, 0.05) is 12.8 Å².